The number of piperidine rings is 1. The van der Waals surface area contributed by atoms with E-state index in [9.17, 15) is 9.59 Å². The molecule has 0 unspecified atom stereocenters. The van der Waals surface area contributed by atoms with Gasteiger partial charge < -0.3 is 14.7 Å². The SMILES string of the molecule is CCCN1C[C@@H](CC(=O)N(CC)CCN2CCCCCC2)C[C@@H]2CC(=O)C(=CN(C)C)C[C@H]21. The average Bonchev–Trinajstić information content (AvgIpc) is 3.04. The van der Waals surface area contributed by atoms with Crippen molar-refractivity contribution in [2.75, 3.05) is 59.9 Å². The summed E-state index contributed by atoms with van der Waals surface area (Å²) in [5.74, 6) is 1.37. The number of carbonyl (C=O) groups excluding carboxylic acids is 2. The zero-order chi connectivity index (χ0) is 23.8. The molecule has 6 nitrogen and oxygen atoms in total. The summed E-state index contributed by atoms with van der Waals surface area (Å²) < 4.78 is 0. The zero-order valence-electron chi connectivity index (χ0n) is 21.7. The number of likely N-dealkylation sites (N-methyl/N-ethyl adjacent to an activating group) is 1. The van der Waals surface area contributed by atoms with Gasteiger partial charge in [-0.3, -0.25) is 14.5 Å². The Bertz CT molecular complexity index is 669. The number of fused-ring (bicyclic) bond motifs is 1. The Kier molecular flexibility index (Phi) is 10.2. The van der Waals surface area contributed by atoms with Crippen LogP contribution in [0.1, 0.15) is 71.6 Å². The van der Waals surface area contributed by atoms with Crippen LogP contribution in [0.4, 0.5) is 0 Å². The lowest BCUT2D eigenvalue weighted by Gasteiger charge is -2.47. The summed E-state index contributed by atoms with van der Waals surface area (Å²) >= 11 is 0. The molecule has 33 heavy (non-hydrogen) atoms. The molecule has 2 heterocycles. The van der Waals surface area contributed by atoms with E-state index in [4.69, 9.17) is 0 Å². The summed E-state index contributed by atoms with van der Waals surface area (Å²) in [4.78, 5) is 35.3. The summed E-state index contributed by atoms with van der Waals surface area (Å²) in [6, 6.07) is 0.450. The monoisotopic (exact) mass is 460 g/mol. The maximum Gasteiger partial charge on any atom is 0.222 e. The molecule has 0 aromatic heterocycles. The maximum atomic E-state index is 13.3. The van der Waals surface area contributed by atoms with Gasteiger partial charge in [-0.15, -0.1) is 0 Å². The second-order valence-corrected chi connectivity index (χ2v) is 10.8. The van der Waals surface area contributed by atoms with Crippen molar-refractivity contribution < 1.29 is 9.59 Å². The standard InChI is InChI=1S/C27H48N4O2/c1-5-11-31-20-22(16-23-19-26(32)24(18-25(23)31)21-28(3)4)17-27(33)30(6-2)15-14-29-12-9-7-8-10-13-29/h21-23,25H,5-20H2,1-4H3/t22-,23-,25-/m1/s1. The summed E-state index contributed by atoms with van der Waals surface area (Å²) in [6.45, 7) is 11.4. The highest BCUT2D eigenvalue weighted by Gasteiger charge is 2.41. The Hall–Kier alpha value is -1.40. The molecule has 3 aliphatic rings. The number of hydrogen-bond donors (Lipinski definition) is 0. The predicted octanol–water partition coefficient (Wildman–Crippen LogP) is 3.63. The van der Waals surface area contributed by atoms with Crippen molar-refractivity contribution in [3.63, 3.8) is 0 Å². The van der Waals surface area contributed by atoms with Crippen LogP contribution in [0.5, 0.6) is 0 Å². The number of hydrogen-bond acceptors (Lipinski definition) is 5. The largest absolute Gasteiger partial charge is 0.383 e. The van der Waals surface area contributed by atoms with Gasteiger partial charge >= 0.3 is 0 Å². The van der Waals surface area contributed by atoms with Gasteiger partial charge in [-0.2, -0.15) is 0 Å². The molecular formula is C27H48N4O2. The highest BCUT2D eigenvalue weighted by Crippen LogP contribution is 2.39. The molecule has 0 radical (unpaired) electrons. The molecule has 0 N–H and O–H groups in total. The van der Waals surface area contributed by atoms with E-state index in [1.807, 2.05) is 25.2 Å². The van der Waals surface area contributed by atoms with E-state index in [0.717, 1.165) is 57.6 Å². The third-order valence-corrected chi connectivity index (χ3v) is 7.88. The van der Waals surface area contributed by atoms with E-state index < -0.39 is 0 Å². The molecule has 6 heteroatoms. The average molecular weight is 461 g/mol. The van der Waals surface area contributed by atoms with Crippen LogP contribution in [-0.4, -0.2) is 97.2 Å². The third kappa shape index (κ3) is 7.54. The van der Waals surface area contributed by atoms with Crippen molar-refractivity contribution in [2.24, 2.45) is 11.8 Å². The lowest BCUT2D eigenvalue weighted by atomic mass is 9.72. The van der Waals surface area contributed by atoms with Gasteiger partial charge in [-0.1, -0.05) is 19.8 Å². The fourth-order valence-electron chi connectivity index (χ4n) is 6.23. The van der Waals surface area contributed by atoms with Crippen LogP contribution in [0.15, 0.2) is 11.8 Å². The molecular weight excluding hydrogens is 412 g/mol. The molecule has 0 aromatic carbocycles. The van der Waals surface area contributed by atoms with Gasteiger partial charge in [0.05, 0.1) is 0 Å². The number of nitrogens with zero attached hydrogens (tertiary/aromatic N) is 4. The molecule has 2 aliphatic heterocycles. The second kappa shape index (κ2) is 12.9. The summed E-state index contributed by atoms with van der Waals surface area (Å²) in [7, 11) is 3.98. The number of rotatable bonds is 9. The lowest BCUT2D eigenvalue weighted by Crippen LogP contribution is -2.52. The predicted molar refractivity (Wildman–Crippen MR) is 135 cm³/mol. The molecule has 188 valence electrons. The van der Waals surface area contributed by atoms with Crippen LogP contribution in [0.3, 0.4) is 0 Å². The van der Waals surface area contributed by atoms with Gasteiger partial charge in [0.1, 0.15) is 0 Å². The molecule has 1 saturated carbocycles. The van der Waals surface area contributed by atoms with Crippen LogP contribution < -0.4 is 0 Å². The second-order valence-electron chi connectivity index (χ2n) is 10.8. The Morgan fingerprint density at radius 3 is 2.42 bits per heavy atom. The van der Waals surface area contributed by atoms with Crippen LogP contribution in [0.25, 0.3) is 0 Å². The molecule has 0 aromatic rings. The van der Waals surface area contributed by atoms with Gasteiger partial charge in [0.25, 0.3) is 0 Å². The summed E-state index contributed by atoms with van der Waals surface area (Å²) in [6.07, 6.45) is 11.6. The van der Waals surface area contributed by atoms with E-state index in [1.54, 1.807) is 0 Å². The normalized spacial score (nSPS) is 28.4. The minimum Gasteiger partial charge on any atom is -0.383 e. The van der Waals surface area contributed by atoms with Crippen LogP contribution in [-0.2, 0) is 9.59 Å². The minimum atomic E-state index is 0.306. The first-order valence-electron chi connectivity index (χ1n) is 13.6. The van der Waals surface area contributed by atoms with E-state index in [2.05, 4.69) is 28.5 Å². The summed E-state index contributed by atoms with van der Waals surface area (Å²) in [5.41, 5.74) is 0.975. The lowest BCUT2D eigenvalue weighted by molar-refractivity contribution is -0.133. The van der Waals surface area contributed by atoms with E-state index in [0.29, 0.717) is 42.4 Å². The fourth-order valence-corrected chi connectivity index (χ4v) is 6.23. The first kappa shape index (κ1) is 26.2. The Labute approximate surface area is 202 Å². The highest BCUT2D eigenvalue weighted by atomic mass is 16.2. The molecule has 3 rings (SSSR count). The van der Waals surface area contributed by atoms with Crippen molar-refractivity contribution in [3.05, 3.63) is 11.8 Å². The first-order valence-corrected chi connectivity index (χ1v) is 13.6. The fraction of sp³-hybridized carbons (Fsp3) is 0.852. The quantitative estimate of drug-likeness (QED) is 0.492. The van der Waals surface area contributed by atoms with Crippen molar-refractivity contribution in [3.8, 4) is 0 Å². The smallest absolute Gasteiger partial charge is 0.222 e. The van der Waals surface area contributed by atoms with Crippen molar-refractivity contribution in [1.29, 1.82) is 0 Å². The molecule has 2 saturated heterocycles. The molecule has 0 bridgehead atoms. The number of ketones is 1. The maximum absolute atomic E-state index is 13.3. The molecule has 3 fully saturated rings. The van der Waals surface area contributed by atoms with E-state index in [1.165, 1.54) is 38.8 Å². The van der Waals surface area contributed by atoms with Crippen molar-refractivity contribution in [2.45, 2.75) is 77.7 Å². The number of amides is 1. The van der Waals surface area contributed by atoms with Crippen molar-refractivity contribution in [1.82, 2.24) is 19.6 Å². The van der Waals surface area contributed by atoms with Gasteiger partial charge in [0.2, 0.25) is 5.91 Å². The zero-order valence-corrected chi connectivity index (χ0v) is 21.7. The number of carbonyl (C=O) groups is 2. The minimum absolute atomic E-state index is 0.306. The van der Waals surface area contributed by atoms with Crippen molar-refractivity contribution >= 4 is 11.7 Å². The third-order valence-electron chi connectivity index (χ3n) is 7.88. The molecule has 3 atom stereocenters. The van der Waals surface area contributed by atoms with Crippen LogP contribution in [0, 0.1) is 11.8 Å². The van der Waals surface area contributed by atoms with Crippen LogP contribution >= 0.6 is 0 Å². The Morgan fingerprint density at radius 2 is 1.79 bits per heavy atom. The number of likely N-dealkylation sites (tertiary alicyclic amines) is 2. The molecule has 1 aliphatic carbocycles. The Morgan fingerprint density at radius 1 is 1.06 bits per heavy atom. The van der Waals surface area contributed by atoms with Gasteiger partial charge in [0.15, 0.2) is 5.78 Å². The van der Waals surface area contributed by atoms with E-state index in [-0.39, 0.29) is 0 Å². The Balaban J connectivity index is 1.58. The van der Waals surface area contributed by atoms with Gasteiger partial charge in [-0.25, -0.2) is 0 Å². The molecule has 1 amide bonds. The molecule has 0 spiro atoms. The summed E-state index contributed by atoms with van der Waals surface area (Å²) in [5, 5.41) is 0. The van der Waals surface area contributed by atoms with Gasteiger partial charge in [0, 0.05) is 70.9 Å². The highest BCUT2D eigenvalue weighted by molar-refractivity contribution is 5.96. The van der Waals surface area contributed by atoms with Crippen LogP contribution in [0.2, 0.25) is 0 Å². The van der Waals surface area contributed by atoms with Gasteiger partial charge in [-0.05, 0) is 70.5 Å². The first-order chi connectivity index (χ1) is 15.9. The number of Topliss-reactive ketones (excluding diaryl/α,β-unsaturated/α-hetero) is 1. The van der Waals surface area contributed by atoms with E-state index >= 15 is 0 Å². The topological polar surface area (TPSA) is 47.1 Å².